The van der Waals surface area contributed by atoms with Crippen molar-refractivity contribution in [3.8, 4) is 0 Å². The predicted molar refractivity (Wildman–Crippen MR) is 71.8 cm³/mol. The van der Waals surface area contributed by atoms with Gasteiger partial charge in [-0.3, -0.25) is 4.79 Å². The molecule has 0 aliphatic rings. The van der Waals surface area contributed by atoms with Crippen molar-refractivity contribution in [2.24, 2.45) is 0 Å². The number of ether oxygens (including phenoxy) is 1. The lowest BCUT2D eigenvalue weighted by Gasteiger charge is -2.20. The summed E-state index contributed by atoms with van der Waals surface area (Å²) in [5, 5.41) is 9.70. The van der Waals surface area contributed by atoms with Crippen molar-refractivity contribution in [3.63, 3.8) is 0 Å². The van der Waals surface area contributed by atoms with E-state index < -0.39 is 6.10 Å². The molecule has 1 N–H and O–H groups in total. The van der Waals surface area contributed by atoms with Crippen LogP contribution < -0.4 is 0 Å². The molecule has 1 rings (SSSR count). The van der Waals surface area contributed by atoms with E-state index in [9.17, 15) is 9.90 Å². The molecule has 1 heterocycles. The Labute approximate surface area is 119 Å². The Morgan fingerprint density at radius 3 is 3.00 bits per heavy atom. The van der Waals surface area contributed by atoms with E-state index >= 15 is 0 Å². The average molecular weight is 338 g/mol. The second-order valence-corrected chi connectivity index (χ2v) is 5.06. The fourth-order valence-corrected chi connectivity index (χ4v) is 1.94. The average Bonchev–Trinajstić information content (AvgIpc) is 2.31. The van der Waals surface area contributed by atoms with Crippen LogP contribution in [0.5, 0.6) is 0 Å². The lowest BCUT2D eigenvalue weighted by Crippen LogP contribution is -2.36. The molecule has 1 aromatic rings. The number of pyridine rings is 1. The van der Waals surface area contributed by atoms with Crippen LogP contribution in [0.25, 0.3) is 0 Å². The molecule has 0 bridgehead atoms. The zero-order valence-electron chi connectivity index (χ0n) is 10.1. The maximum Gasteiger partial charge on any atom is 0.256 e. The molecule has 0 fully saturated rings. The van der Waals surface area contributed by atoms with Crippen LogP contribution in [-0.2, 0) is 4.74 Å². The summed E-state index contributed by atoms with van der Waals surface area (Å²) in [6.07, 6.45) is 0.779. The number of likely N-dealkylation sites (N-methyl/N-ethyl adjacent to an activating group) is 1. The van der Waals surface area contributed by atoms with Crippen molar-refractivity contribution >= 4 is 33.4 Å². The van der Waals surface area contributed by atoms with Gasteiger partial charge in [0.1, 0.15) is 5.15 Å². The van der Waals surface area contributed by atoms with E-state index in [0.29, 0.717) is 4.47 Å². The van der Waals surface area contributed by atoms with Crippen LogP contribution in [0.2, 0.25) is 5.15 Å². The van der Waals surface area contributed by atoms with Crippen LogP contribution >= 0.6 is 27.5 Å². The molecule has 0 aliphatic heterocycles. The first-order valence-electron chi connectivity index (χ1n) is 5.19. The molecule has 100 valence electrons. The van der Waals surface area contributed by atoms with Gasteiger partial charge in [-0.1, -0.05) is 11.6 Å². The Kier molecular flexibility index (Phi) is 6.01. The minimum absolute atomic E-state index is 0.135. The molecule has 0 aliphatic carbocycles. The SMILES string of the molecule is COCC(O)CN(C)C(=O)c1cc(Br)cnc1Cl. The number of aliphatic hydroxyl groups is 1. The number of rotatable bonds is 5. The molecule has 1 atom stereocenters. The van der Waals surface area contributed by atoms with Crippen molar-refractivity contribution in [1.29, 1.82) is 0 Å². The molecule has 7 heteroatoms. The number of hydrogen-bond acceptors (Lipinski definition) is 4. The van der Waals surface area contributed by atoms with Gasteiger partial charge in [-0.2, -0.15) is 0 Å². The quantitative estimate of drug-likeness (QED) is 0.829. The van der Waals surface area contributed by atoms with Gasteiger partial charge < -0.3 is 14.7 Å². The summed E-state index contributed by atoms with van der Waals surface area (Å²) < 4.78 is 5.47. The standard InChI is InChI=1S/C11H14BrClN2O3/c1-15(5-8(16)6-18-2)11(17)9-3-7(12)4-14-10(9)13/h3-4,8,16H,5-6H2,1-2H3. The van der Waals surface area contributed by atoms with Crippen molar-refractivity contribution in [3.05, 3.63) is 27.5 Å². The summed E-state index contributed by atoms with van der Waals surface area (Å²) in [6, 6.07) is 1.59. The van der Waals surface area contributed by atoms with Gasteiger partial charge in [-0.05, 0) is 22.0 Å². The second-order valence-electron chi connectivity index (χ2n) is 3.79. The molecule has 18 heavy (non-hydrogen) atoms. The first kappa shape index (κ1) is 15.4. The monoisotopic (exact) mass is 336 g/mol. The molecule has 0 aromatic carbocycles. The van der Waals surface area contributed by atoms with Gasteiger partial charge >= 0.3 is 0 Å². The molecule has 0 saturated heterocycles. The van der Waals surface area contributed by atoms with E-state index in [1.807, 2.05) is 0 Å². The number of amides is 1. The third-order valence-electron chi connectivity index (χ3n) is 2.23. The summed E-state index contributed by atoms with van der Waals surface area (Å²) in [5.74, 6) is -0.302. The van der Waals surface area contributed by atoms with Crippen molar-refractivity contribution in [1.82, 2.24) is 9.88 Å². The first-order chi connectivity index (χ1) is 8.45. The lowest BCUT2D eigenvalue weighted by molar-refractivity contribution is 0.0380. The number of carbonyl (C=O) groups excluding carboxylic acids is 1. The molecule has 0 spiro atoms. The number of carbonyl (C=O) groups is 1. The van der Waals surface area contributed by atoms with Gasteiger partial charge in [0.25, 0.3) is 5.91 Å². The lowest BCUT2D eigenvalue weighted by atomic mass is 10.2. The normalized spacial score (nSPS) is 12.3. The van der Waals surface area contributed by atoms with Gasteiger partial charge in [-0.25, -0.2) is 4.98 Å². The highest BCUT2D eigenvalue weighted by Gasteiger charge is 2.18. The minimum Gasteiger partial charge on any atom is -0.389 e. The fourth-order valence-electron chi connectivity index (χ4n) is 1.42. The van der Waals surface area contributed by atoms with E-state index in [1.165, 1.54) is 18.2 Å². The zero-order valence-corrected chi connectivity index (χ0v) is 12.4. The van der Waals surface area contributed by atoms with Gasteiger partial charge in [0, 0.05) is 31.4 Å². The Balaban J connectivity index is 2.77. The summed E-state index contributed by atoms with van der Waals surface area (Å²) in [4.78, 5) is 17.3. The van der Waals surface area contributed by atoms with Gasteiger partial charge in [0.2, 0.25) is 0 Å². The molecule has 1 aromatic heterocycles. The first-order valence-corrected chi connectivity index (χ1v) is 6.36. The van der Waals surface area contributed by atoms with Crippen LogP contribution in [0.1, 0.15) is 10.4 Å². The number of aliphatic hydroxyl groups excluding tert-OH is 1. The minimum atomic E-state index is -0.733. The number of aromatic nitrogens is 1. The highest BCUT2D eigenvalue weighted by molar-refractivity contribution is 9.10. The Bertz CT molecular complexity index is 431. The highest BCUT2D eigenvalue weighted by Crippen LogP contribution is 2.19. The molecule has 1 unspecified atom stereocenters. The van der Waals surface area contributed by atoms with Crippen molar-refractivity contribution < 1.29 is 14.6 Å². The molecule has 5 nitrogen and oxygen atoms in total. The second kappa shape index (κ2) is 7.04. The van der Waals surface area contributed by atoms with Crippen molar-refractivity contribution in [2.45, 2.75) is 6.10 Å². The number of methoxy groups -OCH3 is 1. The zero-order chi connectivity index (χ0) is 13.7. The fraction of sp³-hybridized carbons (Fsp3) is 0.455. The van der Waals surface area contributed by atoms with E-state index in [2.05, 4.69) is 20.9 Å². The maximum atomic E-state index is 12.1. The van der Waals surface area contributed by atoms with Crippen LogP contribution in [-0.4, -0.2) is 54.3 Å². The summed E-state index contributed by atoms with van der Waals surface area (Å²) in [7, 11) is 3.07. The van der Waals surface area contributed by atoms with E-state index in [0.717, 1.165) is 0 Å². The van der Waals surface area contributed by atoms with Gasteiger partial charge in [-0.15, -0.1) is 0 Å². The Morgan fingerprint density at radius 2 is 2.39 bits per heavy atom. The van der Waals surface area contributed by atoms with Gasteiger partial charge in [0.15, 0.2) is 0 Å². The molecule has 0 radical (unpaired) electrons. The largest absolute Gasteiger partial charge is 0.389 e. The number of nitrogens with zero attached hydrogens (tertiary/aromatic N) is 2. The summed E-state index contributed by atoms with van der Waals surface area (Å²) in [6.45, 7) is 0.331. The molecular formula is C11H14BrClN2O3. The topological polar surface area (TPSA) is 62.7 Å². The van der Waals surface area contributed by atoms with Gasteiger partial charge in [0.05, 0.1) is 18.3 Å². The smallest absolute Gasteiger partial charge is 0.256 e. The third kappa shape index (κ3) is 4.20. The number of halogens is 2. The van der Waals surface area contributed by atoms with E-state index in [-0.39, 0.29) is 29.8 Å². The summed E-state index contributed by atoms with van der Waals surface area (Å²) in [5.41, 5.74) is 0.290. The predicted octanol–water partition coefficient (Wildman–Crippen LogP) is 1.58. The number of hydrogen-bond donors (Lipinski definition) is 1. The summed E-state index contributed by atoms with van der Waals surface area (Å²) >= 11 is 9.09. The van der Waals surface area contributed by atoms with Crippen LogP contribution in [0.4, 0.5) is 0 Å². The van der Waals surface area contributed by atoms with E-state index in [4.69, 9.17) is 16.3 Å². The molecule has 0 saturated carbocycles. The highest BCUT2D eigenvalue weighted by atomic mass is 79.9. The van der Waals surface area contributed by atoms with Crippen LogP contribution in [0.15, 0.2) is 16.7 Å². The van der Waals surface area contributed by atoms with Crippen LogP contribution in [0.3, 0.4) is 0 Å². The maximum absolute atomic E-state index is 12.1. The van der Waals surface area contributed by atoms with Crippen molar-refractivity contribution in [2.75, 3.05) is 27.3 Å². The third-order valence-corrected chi connectivity index (χ3v) is 2.96. The van der Waals surface area contributed by atoms with E-state index in [1.54, 1.807) is 13.1 Å². The molecule has 1 amide bonds. The Morgan fingerprint density at radius 1 is 1.72 bits per heavy atom. The van der Waals surface area contributed by atoms with Crippen LogP contribution in [0, 0.1) is 0 Å². The Hall–Kier alpha value is -0.690. The molecular weight excluding hydrogens is 323 g/mol.